The Morgan fingerprint density at radius 1 is 0.744 bits per heavy atom. The predicted octanol–water partition coefficient (Wildman–Crippen LogP) is 10.8. The van der Waals surface area contributed by atoms with Crippen molar-refractivity contribution in [3.05, 3.63) is 108 Å². The lowest BCUT2D eigenvalue weighted by Gasteiger charge is -2.22. The summed E-state index contributed by atoms with van der Waals surface area (Å²) in [6, 6.07) is 31.4. The Bertz CT molecular complexity index is 2120. The van der Waals surface area contributed by atoms with Gasteiger partial charge in [-0.1, -0.05) is 93.9 Å². The molecule has 7 aromatic rings. The van der Waals surface area contributed by atoms with E-state index in [-0.39, 0.29) is 0 Å². The first kappa shape index (κ1) is 20.9. The van der Waals surface area contributed by atoms with Gasteiger partial charge in [0, 0.05) is 29.8 Å². The van der Waals surface area contributed by atoms with Crippen molar-refractivity contribution in [1.82, 2.24) is 9.55 Å². The maximum atomic E-state index is 7.87. The molecule has 0 amide bonds. The smallest absolute Gasteiger partial charge is 0.147 e. The highest BCUT2D eigenvalue weighted by Gasteiger charge is 2.23. The molecule has 0 saturated carbocycles. The summed E-state index contributed by atoms with van der Waals surface area (Å²) in [6.45, 7) is 6.91. The quantitative estimate of drug-likeness (QED) is 0.223. The number of thiophene rings is 1. The Morgan fingerprint density at radius 3 is 2.28 bits per heavy atom. The molecule has 0 bridgehead atoms. The monoisotopic (exact) mass is 527 g/mol. The summed E-state index contributed by atoms with van der Waals surface area (Å²) in [4.78, 5) is 5.28. The average Bonchev–Trinajstić information content (AvgIpc) is 3.52. The van der Waals surface area contributed by atoms with Gasteiger partial charge in [0.15, 0.2) is 0 Å². The van der Waals surface area contributed by atoms with Gasteiger partial charge >= 0.3 is 0 Å². The van der Waals surface area contributed by atoms with Crippen molar-refractivity contribution >= 4 is 53.3 Å². The van der Waals surface area contributed by atoms with E-state index in [1.807, 2.05) is 12.1 Å². The molecule has 5 aromatic carbocycles. The van der Waals surface area contributed by atoms with Gasteiger partial charge in [0.05, 0.1) is 16.7 Å². The topological polar surface area (TPSA) is 17.8 Å². The van der Waals surface area contributed by atoms with E-state index in [0.29, 0.717) is 17.4 Å². The lowest BCUT2D eigenvalue weighted by Crippen LogP contribution is -2.08. The zero-order valence-electron chi connectivity index (χ0n) is 25.6. The van der Waals surface area contributed by atoms with Gasteiger partial charge in [-0.3, -0.25) is 4.57 Å². The molecule has 0 aliphatic carbocycles. The van der Waals surface area contributed by atoms with Crippen LogP contribution in [0.5, 0.6) is 0 Å². The van der Waals surface area contributed by atoms with Crippen LogP contribution < -0.4 is 0 Å². The first-order valence-electron chi connectivity index (χ1n) is 15.1. The van der Waals surface area contributed by atoms with Gasteiger partial charge in [-0.2, -0.15) is 0 Å². The van der Waals surface area contributed by atoms with E-state index < -0.39 is 6.85 Å². The molecular formula is C36H32N2S. The van der Waals surface area contributed by atoms with Crippen LogP contribution in [0.3, 0.4) is 0 Å². The highest BCUT2D eigenvalue weighted by Crippen LogP contribution is 2.44. The van der Waals surface area contributed by atoms with Crippen LogP contribution in [0.15, 0.2) is 91.0 Å². The number of benzene rings is 5. The summed E-state index contributed by atoms with van der Waals surface area (Å²) >= 11 is 1.75. The van der Waals surface area contributed by atoms with Gasteiger partial charge < -0.3 is 0 Å². The van der Waals surface area contributed by atoms with Gasteiger partial charge in [0.25, 0.3) is 0 Å². The first-order valence-corrected chi connectivity index (χ1v) is 14.4. The molecule has 192 valence electrons. The molecule has 0 radical (unpaired) electrons. The zero-order valence-corrected chi connectivity index (χ0v) is 23.4. The van der Waals surface area contributed by atoms with Crippen LogP contribution in [-0.2, 0) is 0 Å². The third-order valence-electron chi connectivity index (χ3n) is 7.82. The van der Waals surface area contributed by atoms with Gasteiger partial charge in [0.2, 0.25) is 0 Å². The molecule has 2 heterocycles. The van der Waals surface area contributed by atoms with Crippen LogP contribution in [0.1, 0.15) is 60.3 Å². The van der Waals surface area contributed by atoms with Gasteiger partial charge in [-0.15, -0.1) is 11.3 Å². The predicted molar refractivity (Wildman–Crippen MR) is 170 cm³/mol. The molecular weight excluding hydrogens is 492 g/mol. The molecule has 0 N–H and O–H groups in total. The first-order chi connectivity index (χ1) is 20.1. The minimum absolute atomic E-state index is 0.347. The number of nitrogens with zero attached hydrogens (tertiary/aromatic N) is 2. The standard InChI is InChI=1S/C36H32N2S/c1-21(2)26-10-8-11-27(22(3)4)34(26)38-32-15-7-6-14-31(32)37-36(38)29-13-9-12-28-30-19-24-17-16-23(5)18-25(24)20-33(30)39-35(28)29/h6-22H,1-5H3/i5D3. The Morgan fingerprint density at radius 2 is 1.51 bits per heavy atom. The van der Waals surface area contributed by atoms with Crippen molar-refractivity contribution in [1.29, 1.82) is 0 Å². The van der Waals surface area contributed by atoms with E-state index in [1.165, 1.54) is 32.3 Å². The van der Waals surface area contributed by atoms with E-state index in [9.17, 15) is 0 Å². The molecule has 0 spiro atoms. The Kier molecular flexibility index (Phi) is 4.87. The Hall–Kier alpha value is -3.95. The minimum Gasteiger partial charge on any atom is -0.292 e. The molecule has 0 unspecified atom stereocenters. The average molecular weight is 528 g/mol. The number of rotatable bonds is 4. The fraction of sp³-hybridized carbons (Fsp3) is 0.194. The number of para-hydroxylation sites is 3. The molecule has 3 heteroatoms. The van der Waals surface area contributed by atoms with Crippen LogP contribution in [0.4, 0.5) is 0 Å². The molecule has 2 aromatic heterocycles. The molecule has 39 heavy (non-hydrogen) atoms. The maximum absolute atomic E-state index is 7.87. The second-order valence-electron chi connectivity index (χ2n) is 11.0. The van der Waals surface area contributed by atoms with Crippen LogP contribution in [0, 0.1) is 6.85 Å². The highest BCUT2D eigenvalue weighted by atomic mass is 32.1. The van der Waals surface area contributed by atoms with Crippen LogP contribution in [0.25, 0.3) is 59.1 Å². The summed E-state index contributed by atoms with van der Waals surface area (Å²) in [5.41, 5.74) is 7.40. The fourth-order valence-electron chi connectivity index (χ4n) is 5.92. The number of aromatic nitrogens is 2. The number of aryl methyl sites for hydroxylation is 1. The van der Waals surface area contributed by atoms with Crippen molar-refractivity contribution in [2.45, 2.75) is 46.4 Å². The molecule has 2 nitrogen and oxygen atoms in total. The molecule has 0 fully saturated rings. The second kappa shape index (κ2) is 9.07. The van der Waals surface area contributed by atoms with Crippen molar-refractivity contribution in [2.24, 2.45) is 0 Å². The third kappa shape index (κ3) is 3.79. The largest absolute Gasteiger partial charge is 0.292 e. The van der Waals surface area contributed by atoms with Crippen molar-refractivity contribution in [3.63, 3.8) is 0 Å². The van der Waals surface area contributed by atoms with E-state index in [0.717, 1.165) is 37.9 Å². The fourth-order valence-corrected chi connectivity index (χ4v) is 7.16. The molecule has 0 aliphatic heterocycles. The Balaban J connectivity index is 1.55. The van der Waals surface area contributed by atoms with Gasteiger partial charge in [-0.25, -0.2) is 4.98 Å². The zero-order chi connectivity index (χ0) is 29.3. The summed E-state index contributed by atoms with van der Waals surface area (Å²) in [7, 11) is 0. The summed E-state index contributed by atoms with van der Waals surface area (Å²) in [5.74, 6) is 1.64. The second-order valence-corrected chi connectivity index (χ2v) is 12.1. The lowest BCUT2D eigenvalue weighted by molar-refractivity contribution is 0.811. The van der Waals surface area contributed by atoms with Crippen LogP contribution in [0.2, 0.25) is 0 Å². The van der Waals surface area contributed by atoms with Crippen molar-refractivity contribution in [2.75, 3.05) is 0 Å². The van der Waals surface area contributed by atoms with Gasteiger partial charge in [-0.05, 0) is 70.9 Å². The van der Waals surface area contributed by atoms with Crippen molar-refractivity contribution in [3.8, 4) is 17.1 Å². The van der Waals surface area contributed by atoms with Crippen molar-refractivity contribution < 1.29 is 4.11 Å². The van der Waals surface area contributed by atoms with E-state index in [4.69, 9.17) is 9.10 Å². The Labute approximate surface area is 237 Å². The van der Waals surface area contributed by atoms with E-state index in [1.54, 1.807) is 17.4 Å². The highest BCUT2D eigenvalue weighted by molar-refractivity contribution is 7.26. The number of hydrogen-bond donors (Lipinski definition) is 0. The minimum atomic E-state index is -2.13. The number of imidazole rings is 1. The molecule has 7 rings (SSSR count). The normalized spacial score (nSPS) is 13.6. The van der Waals surface area contributed by atoms with Crippen LogP contribution >= 0.6 is 11.3 Å². The van der Waals surface area contributed by atoms with E-state index >= 15 is 0 Å². The van der Waals surface area contributed by atoms with Gasteiger partial charge in [0.1, 0.15) is 5.82 Å². The summed E-state index contributed by atoms with van der Waals surface area (Å²) in [6.07, 6.45) is 0. The summed E-state index contributed by atoms with van der Waals surface area (Å²) in [5, 5.41) is 4.36. The molecule has 0 atom stereocenters. The molecule has 0 saturated heterocycles. The number of fused-ring (bicyclic) bond motifs is 5. The SMILES string of the molecule is [2H]C([2H])([2H])c1ccc2cc3c(cc2c1)sc1c(-c2nc4ccccc4n2-c2c(C(C)C)cccc2C(C)C)cccc13. The lowest BCUT2D eigenvalue weighted by atomic mass is 9.92. The molecule has 0 aliphatic rings. The summed E-state index contributed by atoms with van der Waals surface area (Å²) < 4.78 is 28.3. The third-order valence-corrected chi connectivity index (χ3v) is 9.03. The number of hydrogen-bond acceptors (Lipinski definition) is 2. The maximum Gasteiger partial charge on any atom is 0.147 e. The van der Waals surface area contributed by atoms with Crippen LogP contribution in [-0.4, -0.2) is 9.55 Å². The van der Waals surface area contributed by atoms with E-state index in [2.05, 4.69) is 105 Å².